The topological polar surface area (TPSA) is 49.2 Å². The minimum Gasteiger partial charge on any atom is -1.00 e. The number of halogens is 1. The Morgan fingerprint density at radius 1 is 1.07 bits per heavy atom. The van der Waals surface area contributed by atoms with Crippen LogP contribution in [0.4, 0.5) is 0 Å². The summed E-state index contributed by atoms with van der Waals surface area (Å²) in [6.45, 7) is 4.11. The van der Waals surface area contributed by atoms with Gasteiger partial charge in [-0.05, 0) is 17.7 Å². The van der Waals surface area contributed by atoms with Crippen molar-refractivity contribution in [3.63, 3.8) is 0 Å². The van der Waals surface area contributed by atoms with E-state index in [0.29, 0.717) is 18.6 Å². The van der Waals surface area contributed by atoms with Crippen LogP contribution in [0.25, 0.3) is 0 Å². The summed E-state index contributed by atoms with van der Waals surface area (Å²) in [4.78, 5) is 14.1. The molecular formula is C24H28ClNO4. The first kappa shape index (κ1) is 23.8. The summed E-state index contributed by atoms with van der Waals surface area (Å²) in [7, 11) is 0. The second kappa shape index (κ2) is 12.2. The van der Waals surface area contributed by atoms with Gasteiger partial charge in [-0.3, -0.25) is 0 Å². The number of carbonyl (C=O) groups is 1. The molecule has 5 nitrogen and oxygen atoms in total. The average Bonchev–Trinajstić information content (AvgIpc) is 2.78. The molecule has 0 bridgehead atoms. The van der Waals surface area contributed by atoms with E-state index in [0.717, 1.165) is 38.4 Å². The molecule has 0 aliphatic carbocycles. The predicted octanol–water partition coefficient (Wildman–Crippen LogP) is -1.16. The highest BCUT2D eigenvalue weighted by Gasteiger charge is 2.37. The highest BCUT2D eigenvalue weighted by Crippen LogP contribution is 2.33. The van der Waals surface area contributed by atoms with E-state index in [-0.39, 0.29) is 19.0 Å². The van der Waals surface area contributed by atoms with Crippen LogP contribution >= 0.6 is 0 Å². The van der Waals surface area contributed by atoms with Gasteiger partial charge in [-0.15, -0.1) is 12.3 Å². The lowest BCUT2D eigenvalue weighted by atomic mass is 9.86. The van der Waals surface area contributed by atoms with Gasteiger partial charge in [0.05, 0.1) is 26.2 Å². The van der Waals surface area contributed by atoms with Crippen molar-refractivity contribution < 1.29 is 36.3 Å². The molecule has 2 aromatic rings. The number of hydrogen-bond acceptors (Lipinski definition) is 4. The summed E-state index contributed by atoms with van der Waals surface area (Å²) >= 11 is 0. The summed E-state index contributed by atoms with van der Waals surface area (Å²) in [5.41, 5.74) is 0.0528. The van der Waals surface area contributed by atoms with Gasteiger partial charge in [-0.25, -0.2) is 4.79 Å². The molecule has 1 fully saturated rings. The Kier molecular flexibility index (Phi) is 9.69. The molecule has 1 saturated heterocycles. The fraction of sp³-hybridized carbons (Fsp3) is 0.375. The quantitative estimate of drug-likeness (QED) is 0.403. The zero-order valence-corrected chi connectivity index (χ0v) is 17.8. The highest BCUT2D eigenvalue weighted by molar-refractivity contribution is 5.72. The molecule has 30 heavy (non-hydrogen) atoms. The van der Waals surface area contributed by atoms with Crippen molar-refractivity contribution in [2.45, 2.75) is 18.4 Å². The minimum absolute atomic E-state index is 0. The van der Waals surface area contributed by atoms with Crippen LogP contribution in [0.2, 0.25) is 0 Å². The summed E-state index contributed by atoms with van der Waals surface area (Å²) in [5.74, 6) is 2.93. The van der Waals surface area contributed by atoms with Crippen LogP contribution in [0.5, 0.6) is 5.75 Å². The van der Waals surface area contributed by atoms with Crippen LogP contribution in [-0.2, 0) is 19.9 Å². The normalized spacial score (nSPS) is 15.8. The van der Waals surface area contributed by atoms with E-state index < -0.39 is 11.6 Å². The summed E-state index contributed by atoms with van der Waals surface area (Å²) in [5, 5.41) is 0. The average molecular weight is 430 g/mol. The zero-order valence-electron chi connectivity index (χ0n) is 17.0. The standard InChI is InChI=1S/C24H27NO4.ClH/c1-2-13-24(21-9-5-3-6-10-21,14-15-25-16-18-27-19-17-25)29-23(26)20-28-22-11-7-4-8-12-22;/h1,3-12H,13-20H2;1H. The fourth-order valence-electron chi connectivity index (χ4n) is 3.58. The van der Waals surface area contributed by atoms with E-state index in [1.807, 2.05) is 48.5 Å². The Bertz CT molecular complexity index is 803. The number of esters is 1. The Morgan fingerprint density at radius 3 is 2.33 bits per heavy atom. The van der Waals surface area contributed by atoms with Crippen molar-refractivity contribution in [3.8, 4) is 18.1 Å². The number of terminal acetylenes is 1. The molecule has 0 amide bonds. The third kappa shape index (κ3) is 6.77. The number of benzene rings is 2. The minimum atomic E-state index is -0.863. The van der Waals surface area contributed by atoms with Gasteiger partial charge in [0, 0.05) is 6.42 Å². The van der Waals surface area contributed by atoms with Crippen LogP contribution in [0.1, 0.15) is 18.4 Å². The van der Waals surface area contributed by atoms with Crippen LogP contribution < -0.4 is 22.0 Å². The molecule has 1 N–H and O–H groups in total. The van der Waals surface area contributed by atoms with Crippen molar-refractivity contribution in [2.75, 3.05) is 39.5 Å². The lowest BCUT2D eigenvalue weighted by Crippen LogP contribution is -3.14. The van der Waals surface area contributed by atoms with Gasteiger partial charge in [0.15, 0.2) is 12.2 Å². The molecular weight excluding hydrogens is 402 g/mol. The van der Waals surface area contributed by atoms with Crippen LogP contribution in [-0.4, -0.2) is 45.4 Å². The molecule has 1 atom stereocenters. The lowest BCUT2D eigenvalue weighted by molar-refractivity contribution is -0.908. The van der Waals surface area contributed by atoms with E-state index in [2.05, 4.69) is 5.92 Å². The Labute approximate surface area is 184 Å². The Balaban J connectivity index is 0.00000320. The molecule has 3 rings (SSSR count). The highest BCUT2D eigenvalue weighted by atomic mass is 35.5. The van der Waals surface area contributed by atoms with Crippen molar-refractivity contribution in [3.05, 3.63) is 66.2 Å². The Morgan fingerprint density at radius 2 is 1.70 bits per heavy atom. The number of para-hydroxylation sites is 1. The first-order valence-corrected chi connectivity index (χ1v) is 10.0. The molecule has 1 aliphatic rings. The van der Waals surface area contributed by atoms with Gasteiger partial charge >= 0.3 is 5.97 Å². The first-order chi connectivity index (χ1) is 14.2. The lowest BCUT2D eigenvalue weighted by Gasteiger charge is -2.34. The fourth-order valence-corrected chi connectivity index (χ4v) is 3.58. The molecule has 1 heterocycles. The second-order valence-electron chi connectivity index (χ2n) is 7.18. The smallest absolute Gasteiger partial charge is 0.345 e. The number of carbonyl (C=O) groups excluding carboxylic acids is 1. The van der Waals surface area contributed by atoms with E-state index >= 15 is 0 Å². The number of ether oxygens (including phenoxy) is 3. The van der Waals surface area contributed by atoms with Crippen molar-refractivity contribution >= 4 is 5.97 Å². The monoisotopic (exact) mass is 429 g/mol. The summed E-state index contributed by atoms with van der Waals surface area (Å²) in [6, 6.07) is 19.0. The van der Waals surface area contributed by atoms with E-state index in [9.17, 15) is 4.79 Å². The Hall–Kier alpha value is -2.52. The molecule has 160 valence electrons. The van der Waals surface area contributed by atoms with Gasteiger partial charge in [-0.1, -0.05) is 48.5 Å². The number of hydrogen-bond donors (Lipinski definition) is 1. The summed E-state index contributed by atoms with van der Waals surface area (Å²) < 4.78 is 17.0. The number of quaternary nitrogens is 1. The molecule has 1 aliphatic heterocycles. The zero-order chi connectivity index (χ0) is 20.4. The maximum Gasteiger partial charge on any atom is 0.345 e. The van der Waals surface area contributed by atoms with Gasteiger partial charge in [0.1, 0.15) is 18.8 Å². The second-order valence-corrected chi connectivity index (χ2v) is 7.18. The van der Waals surface area contributed by atoms with Crippen molar-refractivity contribution in [2.24, 2.45) is 0 Å². The van der Waals surface area contributed by atoms with Gasteiger partial charge < -0.3 is 31.5 Å². The molecule has 6 heteroatoms. The molecule has 0 saturated carbocycles. The van der Waals surface area contributed by atoms with E-state index in [1.54, 1.807) is 12.1 Å². The van der Waals surface area contributed by atoms with Crippen LogP contribution in [0.3, 0.4) is 0 Å². The van der Waals surface area contributed by atoms with E-state index in [4.69, 9.17) is 20.6 Å². The number of morpholine rings is 1. The maximum atomic E-state index is 12.7. The first-order valence-electron chi connectivity index (χ1n) is 10.0. The molecule has 0 aromatic heterocycles. The van der Waals surface area contributed by atoms with Gasteiger partial charge in [-0.2, -0.15) is 0 Å². The van der Waals surface area contributed by atoms with E-state index in [1.165, 1.54) is 4.90 Å². The third-order valence-corrected chi connectivity index (χ3v) is 5.18. The molecule has 0 radical (unpaired) electrons. The molecule has 1 unspecified atom stereocenters. The number of rotatable bonds is 9. The van der Waals surface area contributed by atoms with Gasteiger partial charge in [0.2, 0.25) is 0 Å². The van der Waals surface area contributed by atoms with Crippen LogP contribution in [0.15, 0.2) is 60.7 Å². The third-order valence-electron chi connectivity index (χ3n) is 5.18. The SMILES string of the molecule is C#CCC(CC[NH+]1CCOCC1)(OC(=O)COc1ccccc1)c1ccccc1.[Cl-]. The molecule has 2 aromatic carbocycles. The largest absolute Gasteiger partial charge is 1.00 e. The summed E-state index contributed by atoms with van der Waals surface area (Å²) in [6.07, 6.45) is 6.67. The maximum absolute atomic E-state index is 12.7. The van der Waals surface area contributed by atoms with Gasteiger partial charge in [0.25, 0.3) is 0 Å². The molecule has 0 spiro atoms. The van der Waals surface area contributed by atoms with Crippen molar-refractivity contribution in [1.82, 2.24) is 0 Å². The van der Waals surface area contributed by atoms with Crippen molar-refractivity contribution in [1.29, 1.82) is 0 Å². The predicted molar refractivity (Wildman–Crippen MR) is 111 cm³/mol. The van der Waals surface area contributed by atoms with Crippen LogP contribution in [0, 0.1) is 12.3 Å². The number of nitrogens with one attached hydrogen (secondary N) is 1.